The number of thiophene rings is 1. The van der Waals surface area contributed by atoms with Gasteiger partial charge >= 0.3 is 6.09 Å². The summed E-state index contributed by atoms with van der Waals surface area (Å²) in [5, 5.41) is 13.1. The summed E-state index contributed by atoms with van der Waals surface area (Å²) < 4.78 is 4.72. The maximum Gasteiger partial charge on any atom is 0.402 e. The first-order valence-corrected chi connectivity index (χ1v) is 4.96. The summed E-state index contributed by atoms with van der Waals surface area (Å²) >= 11 is 1.74. The molecule has 0 saturated heterocycles. The molecule has 0 saturated carbocycles. The molecule has 2 aromatic heterocycles. The largest absolute Gasteiger partial charge is 0.465 e. The zero-order chi connectivity index (χ0) is 11.1. The van der Waals surface area contributed by atoms with Gasteiger partial charge in [0.05, 0.1) is 5.69 Å². The Morgan fingerprint density at radius 3 is 2.80 bits per heavy atom. The highest BCUT2D eigenvalue weighted by atomic mass is 32.1. The lowest BCUT2D eigenvalue weighted by molar-refractivity contribution is 0.205. The van der Waals surface area contributed by atoms with Crippen LogP contribution < -0.4 is 5.73 Å². The summed E-state index contributed by atoms with van der Waals surface area (Å²) in [4.78, 5) is 10.1. The van der Waals surface area contributed by atoms with Crippen molar-refractivity contribution in [2.45, 2.75) is 6.42 Å². The minimum absolute atomic E-state index is 0.883. The molecule has 2 aromatic rings. The first kappa shape index (κ1) is 11.3. The second-order valence-corrected chi connectivity index (χ2v) is 3.62. The van der Waals surface area contributed by atoms with Crippen LogP contribution in [0, 0.1) is 0 Å². The third-order valence-corrected chi connectivity index (χ3v) is 2.30. The zero-order valence-corrected chi connectivity index (χ0v) is 8.61. The van der Waals surface area contributed by atoms with Gasteiger partial charge in [-0.1, -0.05) is 11.2 Å². The second-order valence-electron chi connectivity index (χ2n) is 2.59. The van der Waals surface area contributed by atoms with E-state index in [-0.39, 0.29) is 0 Å². The number of aromatic nitrogens is 1. The molecule has 1 amide bonds. The molecule has 2 rings (SSSR count). The van der Waals surface area contributed by atoms with E-state index in [0.29, 0.717) is 0 Å². The Balaban J connectivity index is 0.000000245. The molecule has 80 valence electrons. The topological polar surface area (TPSA) is 89.4 Å². The average molecular weight is 226 g/mol. The molecule has 0 aromatic carbocycles. The van der Waals surface area contributed by atoms with Crippen LogP contribution in [0.1, 0.15) is 10.6 Å². The Bertz CT molecular complexity index is 347. The molecule has 0 aliphatic rings. The van der Waals surface area contributed by atoms with E-state index >= 15 is 0 Å². The Labute approximate surface area is 90.1 Å². The highest BCUT2D eigenvalue weighted by Gasteiger charge is 1.98. The molecular weight excluding hydrogens is 216 g/mol. The van der Waals surface area contributed by atoms with Crippen molar-refractivity contribution in [1.82, 2.24) is 5.16 Å². The molecule has 5 nitrogen and oxygen atoms in total. The molecule has 0 fully saturated rings. The number of carbonyl (C=O) groups is 1. The van der Waals surface area contributed by atoms with E-state index in [1.807, 2.05) is 12.1 Å². The molecule has 0 aliphatic heterocycles. The van der Waals surface area contributed by atoms with E-state index in [1.54, 1.807) is 17.6 Å². The Hall–Kier alpha value is -1.82. The van der Waals surface area contributed by atoms with Crippen molar-refractivity contribution in [2.75, 3.05) is 0 Å². The number of nitrogens with two attached hydrogens (primary N) is 1. The van der Waals surface area contributed by atoms with Crippen LogP contribution in [0.5, 0.6) is 0 Å². The summed E-state index contributed by atoms with van der Waals surface area (Å²) in [6, 6.07) is 6.03. The second kappa shape index (κ2) is 5.82. The van der Waals surface area contributed by atoms with Crippen molar-refractivity contribution < 1.29 is 14.4 Å². The molecule has 0 atom stereocenters. The van der Waals surface area contributed by atoms with Crippen molar-refractivity contribution in [3.8, 4) is 0 Å². The van der Waals surface area contributed by atoms with Gasteiger partial charge in [-0.05, 0) is 11.4 Å². The standard InChI is InChI=1S/C8H7NOS.CH3NO2/c1-2-8(11-5-1)6-7-3-4-10-9-7;2-1(3)4/h1-5H,6H2;2H2,(H,3,4). The number of hydrogen-bond donors (Lipinski definition) is 2. The lowest BCUT2D eigenvalue weighted by atomic mass is 10.3. The molecule has 6 heteroatoms. The van der Waals surface area contributed by atoms with Gasteiger partial charge in [0, 0.05) is 17.4 Å². The third kappa shape index (κ3) is 4.82. The minimum atomic E-state index is -1.33. The van der Waals surface area contributed by atoms with E-state index in [9.17, 15) is 0 Å². The molecule has 0 spiro atoms. The normalized spacial score (nSPS) is 9.07. The fourth-order valence-electron chi connectivity index (χ4n) is 0.920. The molecule has 2 heterocycles. The molecule has 3 N–H and O–H groups in total. The van der Waals surface area contributed by atoms with E-state index in [2.05, 4.69) is 22.3 Å². The number of amides is 1. The first-order chi connectivity index (χ1) is 7.18. The van der Waals surface area contributed by atoms with Crippen molar-refractivity contribution in [3.63, 3.8) is 0 Å². The number of nitrogens with zero attached hydrogens (tertiary/aromatic N) is 1. The predicted molar refractivity (Wildman–Crippen MR) is 55.8 cm³/mol. The monoisotopic (exact) mass is 226 g/mol. The zero-order valence-electron chi connectivity index (χ0n) is 7.79. The van der Waals surface area contributed by atoms with Crippen LogP contribution in [-0.2, 0) is 6.42 Å². The SMILES string of the molecule is NC(=O)O.c1csc(Cc2ccon2)c1. The molecular formula is C9H10N2O3S. The maximum atomic E-state index is 8.78. The number of primary amides is 1. The lowest BCUT2D eigenvalue weighted by Gasteiger charge is -1.87. The van der Waals surface area contributed by atoms with Gasteiger partial charge < -0.3 is 15.4 Å². The highest BCUT2D eigenvalue weighted by Crippen LogP contribution is 2.12. The minimum Gasteiger partial charge on any atom is -0.465 e. The van der Waals surface area contributed by atoms with Gasteiger partial charge in [0.1, 0.15) is 6.26 Å². The van der Waals surface area contributed by atoms with Gasteiger partial charge in [-0.25, -0.2) is 4.79 Å². The molecule has 15 heavy (non-hydrogen) atoms. The van der Waals surface area contributed by atoms with E-state index in [0.717, 1.165) is 12.1 Å². The first-order valence-electron chi connectivity index (χ1n) is 4.08. The Morgan fingerprint density at radius 2 is 2.33 bits per heavy atom. The third-order valence-electron chi connectivity index (χ3n) is 1.43. The smallest absolute Gasteiger partial charge is 0.402 e. The van der Waals surface area contributed by atoms with Gasteiger partial charge in [-0.2, -0.15) is 0 Å². The van der Waals surface area contributed by atoms with Crippen molar-refractivity contribution >= 4 is 17.4 Å². The summed E-state index contributed by atoms with van der Waals surface area (Å²) in [6.07, 6.45) is 1.15. The van der Waals surface area contributed by atoms with Crippen LogP contribution in [0.15, 0.2) is 34.4 Å². The van der Waals surface area contributed by atoms with Crippen LogP contribution in [0.25, 0.3) is 0 Å². The van der Waals surface area contributed by atoms with Gasteiger partial charge in [0.15, 0.2) is 0 Å². The molecule has 0 aliphatic carbocycles. The quantitative estimate of drug-likeness (QED) is 0.818. The Morgan fingerprint density at radius 1 is 1.60 bits per heavy atom. The van der Waals surface area contributed by atoms with Crippen molar-refractivity contribution in [2.24, 2.45) is 5.73 Å². The average Bonchev–Trinajstić information content (AvgIpc) is 2.76. The van der Waals surface area contributed by atoms with Crippen LogP contribution in [0.2, 0.25) is 0 Å². The summed E-state index contributed by atoms with van der Waals surface area (Å²) in [7, 11) is 0. The van der Waals surface area contributed by atoms with E-state index in [1.165, 1.54) is 4.88 Å². The van der Waals surface area contributed by atoms with Crippen LogP contribution in [0.3, 0.4) is 0 Å². The van der Waals surface area contributed by atoms with E-state index in [4.69, 9.17) is 14.4 Å². The maximum absolute atomic E-state index is 8.78. The van der Waals surface area contributed by atoms with Gasteiger partial charge in [-0.15, -0.1) is 11.3 Å². The lowest BCUT2D eigenvalue weighted by Crippen LogP contribution is -2.03. The number of carboxylic acid groups (broad SMARTS) is 1. The summed E-state index contributed by atoms with van der Waals surface area (Å²) in [5.74, 6) is 0. The van der Waals surface area contributed by atoms with Gasteiger partial charge in [0.25, 0.3) is 0 Å². The fraction of sp³-hybridized carbons (Fsp3) is 0.111. The fourth-order valence-corrected chi connectivity index (χ4v) is 1.64. The molecule has 0 bridgehead atoms. The van der Waals surface area contributed by atoms with Gasteiger partial charge in [0.2, 0.25) is 0 Å². The van der Waals surface area contributed by atoms with E-state index < -0.39 is 6.09 Å². The Kier molecular flexibility index (Phi) is 4.36. The molecule has 0 radical (unpaired) electrons. The van der Waals surface area contributed by atoms with Crippen molar-refractivity contribution in [1.29, 1.82) is 0 Å². The van der Waals surface area contributed by atoms with Crippen LogP contribution in [0.4, 0.5) is 4.79 Å². The van der Waals surface area contributed by atoms with Crippen molar-refractivity contribution in [3.05, 3.63) is 40.4 Å². The summed E-state index contributed by atoms with van der Waals surface area (Å²) in [5.41, 5.74) is 5.02. The highest BCUT2D eigenvalue weighted by molar-refractivity contribution is 7.09. The number of hydrogen-bond acceptors (Lipinski definition) is 4. The predicted octanol–water partition coefficient (Wildman–Crippen LogP) is 1.95. The van der Waals surface area contributed by atoms with Crippen LogP contribution >= 0.6 is 11.3 Å². The van der Waals surface area contributed by atoms with Gasteiger partial charge in [-0.3, -0.25) is 0 Å². The summed E-state index contributed by atoms with van der Waals surface area (Å²) in [6.45, 7) is 0. The molecule has 0 unspecified atom stereocenters. The number of rotatable bonds is 2. The van der Waals surface area contributed by atoms with Crippen LogP contribution in [-0.4, -0.2) is 16.4 Å².